The minimum Gasteiger partial charge on any atom is -0.490 e. The zero-order chi connectivity index (χ0) is 23.3. The smallest absolute Gasteiger partial charge is 0.328 e. The molecule has 0 saturated carbocycles. The van der Waals surface area contributed by atoms with Gasteiger partial charge in [0.05, 0.1) is 16.7 Å². The van der Waals surface area contributed by atoms with Gasteiger partial charge >= 0.3 is 6.03 Å². The first-order valence-electron chi connectivity index (χ1n) is 10.2. The van der Waals surface area contributed by atoms with Crippen molar-refractivity contribution in [2.75, 3.05) is 13.2 Å². The van der Waals surface area contributed by atoms with Crippen molar-refractivity contribution >= 4 is 41.2 Å². The third-order valence-corrected chi connectivity index (χ3v) is 5.51. The highest BCUT2D eigenvalue weighted by molar-refractivity contribution is 6.42. The summed E-state index contributed by atoms with van der Waals surface area (Å²) < 4.78 is 11.9. The molecule has 1 heterocycles. The van der Waals surface area contributed by atoms with Gasteiger partial charge < -0.3 is 14.8 Å². The SMILES string of the molecule is C=CCc1cc(/C=C2/NC(=O)N(CC)C2=O)cc(OCC)c1OCc1ccc(Cl)c(Cl)c1. The zero-order valence-corrected chi connectivity index (χ0v) is 19.4. The molecule has 3 amide bonds. The number of ether oxygens (including phenoxy) is 2. The largest absolute Gasteiger partial charge is 0.490 e. The molecular weight excluding hydrogens is 451 g/mol. The molecule has 32 heavy (non-hydrogen) atoms. The highest BCUT2D eigenvalue weighted by atomic mass is 35.5. The van der Waals surface area contributed by atoms with Crippen molar-refractivity contribution in [2.45, 2.75) is 26.9 Å². The van der Waals surface area contributed by atoms with Gasteiger partial charge in [0.25, 0.3) is 5.91 Å². The summed E-state index contributed by atoms with van der Waals surface area (Å²) in [5.74, 6) is 0.750. The van der Waals surface area contributed by atoms with Crippen molar-refractivity contribution in [3.8, 4) is 11.5 Å². The third-order valence-electron chi connectivity index (χ3n) is 4.77. The Morgan fingerprint density at radius 3 is 2.50 bits per heavy atom. The topological polar surface area (TPSA) is 67.9 Å². The van der Waals surface area contributed by atoms with Gasteiger partial charge in [0.15, 0.2) is 11.5 Å². The Bertz CT molecular complexity index is 1080. The van der Waals surface area contributed by atoms with Gasteiger partial charge in [-0.25, -0.2) is 4.79 Å². The molecule has 0 aliphatic carbocycles. The number of halogens is 2. The molecule has 0 atom stereocenters. The minimum absolute atomic E-state index is 0.216. The van der Waals surface area contributed by atoms with E-state index in [1.54, 1.807) is 37.3 Å². The van der Waals surface area contributed by atoms with Crippen LogP contribution in [0.15, 0.2) is 48.7 Å². The van der Waals surface area contributed by atoms with Crippen LogP contribution in [0.25, 0.3) is 6.08 Å². The molecule has 0 bridgehead atoms. The normalized spacial score (nSPS) is 14.6. The number of urea groups is 1. The van der Waals surface area contributed by atoms with Crippen LogP contribution in [0.4, 0.5) is 4.79 Å². The summed E-state index contributed by atoms with van der Waals surface area (Å²) in [6.07, 6.45) is 3.91. The van der Waals surface area contributed by atoms with E-state index in [4.69, 9.17) is 32.7 Å². The van der Waals surface area contributed by atoms with Gasteiger partial charge in [0.1, 0.15) is 12.3 Å². The van der Waals surface area contributed by atoms with Crippen LogP contribution < -0.4 is 14.8 Å². The Kier molecular flexibility index (Phi) is 7.83. The van der Waals surface area contributed by atoms with Crippen molar-refractivity contribution < 1.29 is 19.1 Å². The van der Waals surface area contributed by atoms with Gasteiger partial charge in [-0.15, -0.1) is 6.58 Å². The van der Waals surface area contributed by atoms with E-state index in [2.05, 4.69) is 11.9 Å². The fourth-order valence-corrected chi connectivity index (χ4v) is 3.63. The highest BCUT2D eigenvalue weighted by Crippen LogP contribution is 2.36. The number of hydrogen-bond acceptors (Lipinski definition) is 4. The van der Waals surface area contributed by atoms with Crippen LogP contribution in [-0.2, 0) is 17.8 Å². The van der Waals surface area contributed by atoms with Crippen LogP contribution >= 0.6 is 23.2 Å². The second kappa shape index (κ2) is 10.6. The second-order valence-corrected chi connectivity index (χ2v) is 7.82. The Morgan fingerprint density at radius 1 is 1.09 bits per heavy atom. The quantitative estimate of drug-likeness (QED) is 0.291. The molecule has 0 unspecified atom stereocenters. The van der Waals surface area contributed by atoms with Gasteiger partial charge in [-0.2, -0.15) is 0 Å². The molecule has 0 spiro atoms. The van der Waals surface area contributed by atoms with E-state index in [1.807, 2.05) is 19.1 Å². The predicted octanol–water partition coefficient (Wildman–Crippen LogP) is 5.61. The van der Waals surface area contributed by atoms with Crippen molar-refractivity contribution in [1.29, 1.82) is 0 Å². The number of carbonyl (C=O) groups is 2. The molecule has 1 fully saturated rings. The number of benzene rings is 2. The van der Waals surface area contributed by atoms with Crippen molar-refractivity contribution in [1.82, 2.24) is 10.2 Å². The lowest BCUT2D eigenvalue weighted by atomic mass is 10.0. The van der Waals surface area contributed by atoms with Gasteiger partial charge in [0, 0.05) is 12.1 Å². The summed E-state index contributed by atoms with van der Waals surface area (Å²) >= 11 is 12.1. The molecule has 6 nitrogen and oxygen atoms in total. The van der Waals surface area contributed by atoms with Crippen LogP contribution in [0.2, 0.25) is 10.0 Å². The summed E-state index contributed by atoms with van der Waals surface area (Å²) in [6.45, 7) is 8.44. The number of rotatable bonds is 9. The molecule has 0 aromatic heterocycles. The average molecular weight is 475 g/mol. The number of amides is 3. The summed E-state index contributed by atoms with van der Waals surface area (Å²) in [5, 5.41) is 3.54. The maximum absolute atomic E-state index is 12.4. The maximum Gasteiger partial charge on any atom is 0.328 e. The summed E-state index contributed by atoms with van der Waals surface area (Å²) in [6, 6.07) is 8.55. The minimum atomic E-state index is -0.429. The van der Waals surface area contributed by atoms with Crippen molar-refractivity contribution in [3.05, 3.63) is 75.4 Å². The lowest BCUT2D eigenvalue weighted by molar-refractivity contribution is -0.122. The first-order chi connectivity index (χ1) is 15.4. The second-order valence-electron chi connectivity index (χ2n) is 7.01. The molecule has 1 saturated heterocycles. The Balaban J connectivity index is 1.95. The lowest BCUT2D eigenvalue weighted by Gasteiger charge is -2.17. The van der Waals surface area contributed by atoms with E-state index in [0.717, 1.165) is 16.0 Å². The van der Waals surface area contributed by atoms with E-state index >= 15 is 0 Å². The van der Waals surface area contributed by atoms with Crippen LogP contribution in [0, 0.1) is 0 Å². The van der Waals surface area contributed by atoms with Crippen molar-refractivity contribution in [3.63, 3.8) is 0 Å². The first-order valence-corrected chi connectivity index (χ1v) is 10.9. The van der Waals surface area contributed by atoms with E-state index in [-0.39, 0.29) is 18.2 Å². The van der Waals surface area contributed by atoms with Gasteiger partial charge in [-0.3, -0.25) is 9.69 Å². The molecule has 1 N–H and O–H groups in total. The van der Waals surface area contributed by atoms with Gasteiger partial charge in [0.2, 0.25) is 0 Å². The third kappa shape index (κ3) is 5.26. The monoisotopic (exact) mass is 474 g/mol. The number of nitrogens with one attached hydrogen (secondary N) is 1. The number of carbonyl (C=O) groups excluding carboxylic acids is 2. The first kappa shape index (κ1) is 23.7. The average Bonchev–Trinajstić information content (AvgIpc) is 3.02. The van der Waals surface area contributed by atoms with Crippen LogP contribution in [0.3, 0.4) is 0 Å². The molecule has 2 aromatic rings. The maximum atomic E-state index is 12.4. The number of nitrogens with zero attached hydrogens (tertiary/aromatic N) is 1. The molecule has 1 aliphatic heterocycles. The predicted molar refractivity (Wildman–Crippen MR) is 126 cm³/mol. The standard InChI is InChI=1S/C24H24Cl2N2O4/c1-4-7-17-10-16(12-20-23(29)28(5-2)24(30)27-20)13-21(31-6-3)22(17)32-14-15-8-9-18(25)19(26)11-15/h4,8-13H,1,5-7,14H2,2-3H3,(H,27,30)/b20-12+. The molecule has 1 aliphatic rings. The van der Waals surface area contributed by atoms with Crippen molar-refractivity contribution in [2.24, 2.45) is 0 Å². The fraction of sp³-hybridized carbons (Fsp3) is 0.250. The molecule has 2 aromatic carbocycles. The zero-order valence-electron chi connectivity index (χ0n) is 17.9. The van der Waals surface area contributed by atoms with E-state index in [1.165, 1.54) is 0 Å². The van der Waals surface area contributed by atoms with Gasteiger partial charge in [-0.05, 0) is 61.7 Å². The highest BCUT2D eigenvalue weighted by Gasteiger charge is 2.32. The number of imide groups is 1. The number of hydrogen-bond donors (Lipinski definition) is 1. The molecule has 8 heteroatoms. The van der Waals surface area contributed by atoms with E-state index in [9.17, 15) is 9.59 Å². The molecule has 168 valence electrons. The summed E-state index contributed by atoms with van der Waals surface area (Å²) in [4.78, 5) is 25.5. The Hall–Kier alpha value is -2.96. The molecule has 3 rings (SSSR count). The fourth-order valence-electron chi connectivity index (χ4n) is 3.31. The number of likely N-dealkylation sites (N-methyl/N-ethyl adjacent to an activating group) is 1. The molecular formula is C24H24Cl2N2O4. The Labute approximate surface area is 197 Å². The van der Waals surface area contributed by atoms with Gasteiger partial charge in [-0.1, -0.05) is 35.3 Å². The summed E-state index contributed by atoms with van der Waals surface area (Å²) in [5.41, 5.74) is 2.61. The lowest BCUT2D eigenvalue weighted by Crippen LogP contribution is -2.30. The van der Waals surface area contributed by atoms with E-state index in [0.29, 0.717) is 46.7 Å². The van der Waals surface area contributed by atoms with Crippen LogP contribution in [-0.4, -0.2) is 30.0 Å². The van der Waals surface area contributed by atoms with Crippen LogP contribution in [0.5, 0.6) is 11.5 Å². The van der Waals surface area contributed by atoms with Crippen LogP contribution in [0.1, 0.15) is 30.5 Å². The number of allylic oxidation sites excluding steroid dienone is 1. The van der Waals surface area contributed by atoms with E-state index < -0.39 is 6.03 Å². The Morgan fingerprint density at radius 2 is 1.88 bits per heavy atom. The molecule has 0 radical (unpaired) electrons. The summed E-state index contributed by atoms with van der Waals surface area (Å²) in [7, 11) is 0.